The van der Waals surface area contributed by atoms with Crippen molar-refractivity contribution in [2.45, 2.75) is 27.2 Å². The van der Waals surface area contributed by atoms with E-state index in [1.54, 1.807) is 7.05 Å². The fourth-order valence-electron chi connectivity index (χ4n) is 2.01. The van der Waals surface area contributed by atoms with E-state index in [1.165, 1.54) is 11.1 Å². The van der Waals surface area contributed by atoms with Crippen LogP contribution in [0, 0.1) is 24.7 Å². The van der Waals surface area contributed by atoms with Gasteiger partial charge in [-0.2, -0.15) is 0 Å². The minimum Gasteiger partial charge on any atom is -0.386 e. The number of para-hydroxylation sites is 1. The molecule has 2 rings (SSSR count). The predicted molar refractivity (Wildman–Crippen MR) is 108 cm³/mol. The number of benzene rings is 2. The lowest BCUT2D eigenvalue weighted by Crippen LogP contribution is -1.95. The predicted octanol–water partition coefficient (Wildman–Crippen LogP) is 5.52. The number of hydrogen-bond donors (Lipinski definition) is 1. The first-order valence-corrected chi connectivity index (χ1v) is 8.04. The minimum absolute atomic E-state index is 0.799. The van der Waals surface area contributed by atoms with E-state index < -0.39 is 0 Å². The standard InChI is InChI=1S/C11H9N.C10H12.C2H6/c1-4-9-7-6-8-10(5-2)11(9)12-3;1-9(2)8-10-6-4-3-5-7-10;1-2/h1-2,6-8,12H,3H3;3-7H,1,8H2,2H3;1-2H3. The van der Waals surface area contributed by atoms with Crippen molar-refractivity contribution >= 4 is 5.69 Å². The molecule has 2 aromatic carbocycles. The van der Waals surface area contributed by atoms with Crippen LogP contribution in [0.1, 0.15) is 37.5 Å². The van der Waals surface area contributed by atoms with E-state index in [4.69, 9.17) is 12.8 Å². The van der Waals surface area contributed by atoms with Gasteiger partial charge in [-0.05, 0) is 31.0 Å². The molecule has 0 bridgehead atoms. The van der Waals surface area contributed by atoms with Gasteiger partial charge in [0.05, 0.1) is 5.69 Å². The van der Waals surface area contributed by atoms with Crippen molar-refractivity contribution in [3.8, 4) is 24.7 Å². The zero-order chi connectivity index (χ0) is 18.4. The zero-order valence-corrected chi connectivity index (χ0v) is 15.2. The molecule has 1 heteroatoms. The Bertz CT molecular complexity index is 665. The molecule has 24 heavy (non-hydrogen) atoms. The molecule has 0 heterocycles. The second kappa shape index (κ2) is 12.6. The maximum atomic E-state index is 5.29. The maximum Gasteiger partial charge on any atom is 0.0655 e. The molecule has 0 atom stereocenters. The molecule has 124 valence electrons. The highest BCUT2D eigenvalue weighted by molar-refractivity contribution is 5.67. The Labute approximate surface area is 147 Å². The Balaban J connectivity index is 0.000000405. The van der Waals surface area contributed by atoms with Crippen LogP contribution in [0.2, 0.25) is 0 Å². The Morgan fingerprint density at radius 1 is 0.958 bits per heavy atom. The molecule has 0 radical (unpaired) electrons. The zero-order valence-electron chi connectivity index (χ0n) is 15.2. The van der Waals surface area contributed by atoms with Crippen molar-refractivity contribution in [3.63, 3.8) is 0 Å². The fourth-order valence-corrected chi connectivity index (χ4v) is 2.01. The first kappa shape index (κ1) is 21.1. The van der Waals surface area contributed by atoms with Crippen LogP contribution < -0.4 is 5.32 Å². The summed E-state index contributed by atoms with van der Waals surface area (Å²) in [6.45, 7) is 9.90. The molecular weight excluding hydrogens is 290 g/mol. The molecule has 0 spiro atoms. The highest BCUT2D eigenvalue weighted by atomic mass is 14.8. The van der Waals surface area contributed by atoms with Crippen molar-refractivity contribution in [2.75, 3.05) is 12.4 Å². The van der Waals surface area contributed by atoms with Crippen LogP contribution >= 0.6 is 0 Å². The molecule has 1 nitrogen and oxygen atoms in total. The van der Waals surface area contributed by atoms with E-state index in [2.05, 4.69) is 48.0 Å². The van der Waals surface area contributed by atoms with Gasteiger partial charge < -0.3 is 5.32 Å². The molecule has 0 aliphatic carbocycles. The summed E-state index contributed by atoms with van der Waals surface area (Å²) in [4.78, 5) is 0. The molecule has 0 fully saturated rings. The number of anilines is 1. The summed E-state index contributed by atoms with van der Waals surface area (Å²) in [5, 5.41) is 2.98. The van der Waals surface area contributed by atoms with Gasteiger partial charge in [-0.25, -0.2) is 0 Å². The van der Waals surface area contributed by atoms with E-state index in [0.29, 0.717) is 0 Å². The Morgan fingerprint density at radius 3 is 1.83 bits per heavy atom. The summed E-state index contributed by atoms with van der Waals surface area (Å²) in [5.41, 5.74) is 5.00. The van der Waals surface area contributed by atoms with Gasteiger partial charge in [0.2, 0.25) is 0 Å². The second-order valence-electron chi connectivity index (χ2n) is 4.89. The highest BCUT2D eigenvalue weighted by Crippen LogP contribution is 2.18. The van der Waals surface area contributed by atoms with E-state index in [9.17, 15) is 0 Å². The van der Waals surface area contributed by atoms with Gasteiger partial charge >= 0.3 is 0 Å². The van der Waals surface area contributed by atoms with E-state index in [0.717, 1.165) is 23.2 Å². The summed E-state index contributed by atoms with van der Waals surface area (Å²) in [6, 6.07) is 15.9. The Hall–Kier alpha value is -2.90. The van der Waals surface area contributed by atoms with Crippen molar-refractivity contribution in [1.29, 1.82) is 0 Å². The van der Waals surface area contributed by atoms with Crippen molar-refractivity contribution in [1.82, 2.24) is 0 Å². The van der Waals surface area contributed by atoms with Gasteiger partial charge in [0.15, 0.2) is 0 Å². The molecule has 0 amide bonds. The van der Waals surface area contributed by atoms with Crippen LogP contribution in [0.4, 0.5) is 5.69 Å². The largest absolute Gasteiger partial charge is 0.386 e. The van der Waals surface area contributed by atoms with E-state index >= 15 is 0 Å². The van der Waals surface area contributed by atoms with E-state index in [1.807, 2.05) is 45.0 Å². The van der Waals surface area contributed by atoms with Gasteiger partial charge in [-0.15, -0.1) is 12.8 Å². The van der Waals surface area contributed by atoms with Gasteiger partial charge in [-0.3, -0.25) is 0 Å². The van der Waals surface area contributed by atoms with Crippen LogP contribution in [0.25, 0.3) is 0 Å². The number of allylic oxidation sites excluding steroid dienone is 1. The molecule has 1 N–H and O–H groups in total. The summed E-state index contributed by atoms with van der Waals surface area (Å²) < 4.78 is 0. The van der Waals surface area contributed by atoms with Crippen LogP contribution in [0.3, 0.4) is 0 Å². The second-order valence-corrected chi connectivity index (χ2v) is 4.89. The normalized spacial score (nSPS) is 8.25. The van der Waals surface area contributed by atoms with Crippen LogP contribution in [0.15, 0.2) is 60.7 Å². The molecule has 0 aliphatic rings. The lowest BCUT2D eigenvalue weighted by atomic mass is 10.1. The summed E-state index contributed by atoms with van der Waals surface area (Å²) in [6.07, 6.45) is 11.6. The van der Waals surface area contributed by atoms with Crippen molar-refractivity contribution in [3.05, 3.63) is 77.4 Å². The van der Waals surface area contributed by atoms with E-state index in [-0.39, 0.29) is 0 Å². The van der Waals surface area contributed by atoms with Gasteiger partial charge in [0.1, 0.15) is 0 Å². The highest BCUT2D eigenvalue weighted by Gasteiger charge is 2.01. The third kappa shape index (κ3) is 7.39. The molecule has 0 saturated heterocycles. The van der Waals surface area contributed by atoms with Crippen molar-refractivity contribution in [2.24, 2.45) is 0 Å². The number of hydrogen-bond acceptors (Lipinski definition) is 1. The smallest absolute Gasteiger partial charge is 0.0655 e. The molecule has 0 unspecified atom stereocenters. The van der Waals surface area contributed by atoms with Gasteiger partial charge in [0, 0.05) is 18.2 Å². The fraction of sp³-hybridized carbons (Fsp3) is 0.217. The quantitative estimate of drug-likeness (QED) is 0.580. The number of terminal acetylenes is 2. The molecular formula is C23H27N. The monoisotopic (exact) mass is 317 g/mol. The van der Waals surface area contributed by atoms with Gasteiger partial charge in [-0.1, -0.05) is 74.2 Å². The SMILES string of the molecule is C#Cc1cccc(C#C)c1NC.C=C(C)Cc1ccccc1.CC. The third-order valence-corrected chi connectivity index (χ3v) is 2.97. The Morgan fingerprint density at radius 2 is 1.46 bits per heavy atom. The number of rotatable bonds is 3. The summed E-state index contributed by atoms with van der Waals surface area (Å²) in [7, 11) is 1.80. The van der Waals surface area contributed by atoms with Gasteiger partial charge in [0.25, 0.3) is 0 Å². The third-order valence-electron chi connectivity index (χ3n) is 2.97. The van der Waals surface area contributed by atoms with Crippen LogP contribution in [-0.2, 0) is 6.42 Å². The Kier molecular flexibility index (Phi) is 11.1. The topological polar surface area (TPSA) is 12.0 Å². The lowest BCUT2D eigenvalue weighted by molar-refractivity contribution is 1.15. The average Bonchev–Trinajstić information content (AvgIpc) is 2.63. The number of nitrogens with one attached hydrogen (secondary N) is 1. The first-order chi connectivity index (χ1) is 11.6. The molecule has 2 aromatic rings. The van der Waals surface area contributed by atoms with Crippen LogP contribution in [0.5, 0.6) is 0 Å². The summed E-state index contributed by atoms with van der Waals surface area (Å²) >= 11 is 0. The molecule has 0 saturated carbocycles. The van der Waals surface area contributed by atoms with Crippen molar-refractivity contribution < 1.29 is 0 Å². The first-order valence-electron chi connectivity index (χ1n) is 8.04. The minimum atomic E-state index is 0.799. The lowest BCUT2D eigenvalue weighted by Gasteiger charge is -2.05. The molecule has 0 aliphatic heterocycles. The maximum absolute atomic E-state index is 5.29. The summed E-state index contributed by atoms with van der Waals surface area (Å²) in [5.74, 6) is 5.13. The van der Waals surface area contributed by atoms with Crippen LogP contribution in [-0.4, -0.2) is 7.05 Å². The molecule has 0 aromatic heterocycles. The average molecular weight is 317 g/mol.